The van der Waals surface area contributed by atoms with Gasteiger partial charge < -0.3 is 20.1 Å². The Morgan fingerprint density at radius 3 is 2.18 bits per heavy atom. The summed E-state index contributed by atoms with van der Waals surface area (Å²) >= 11 is 2.88. The molecule has 0 heterocycles. The lowest BCUT2D eigenvalue weighted by Gasteiger charge is -2.27. The summed E-state index contributed by atoms with van der Waals surface area (Å²) in [6, 6.07) is 6.23. The quantitative estimate of drug-likeness (QED) is 0.111. The van der Waals surface area contributed by atoms with Crippen molar-refractivity contribution < 1.29 is 29.6 Å². The van der Waals surface area contributed by atoms with Gasteiger partial charge in [0.25, 0.3) is 0 Å². The third-order valence-corrected chi connectivity index (χ3v) is 9.82. The second-order valence-electron chi connectivity index (χ2n) is 10.6. The van der Waals surface area contributed by atoms with Gasteiger partial charge in [-0.25, -0.2) is 0 Å². The van der Waals surface area contributed by atoms with Crippen LogP contribution in [0.5, 0.6) is 5.75 Å². The van der Waals surface area contributed by atoms with Crippen LogP contribution in [0.1, 0.15) is 126 Å². The van der Waals surface area contributed by atoms with Crippen molar-refractivity contribution in [3.05, 3.63) is 29.3 Å². The van der Waals surface area contributed by atoms with E-state index in [1.165, 1.54) is 86.9 Å². The van der Waals surface area contributed by atoms with Gasteiger partial charge in [-0.1, -0.05) is 89.3 Å². The van der Waals surface area contributed by atoms with E-state index in [1.807, 2.05) is 12.1 Å². The van der Waals surface area contributed by atoms with E-state index in [9.17, 15) is 19.8 Å². The van der Waals surface area contributed by atoms with Crippen molar-refractivity contribution in [2.45, 2.75) is 121 Å². The molecule has 1 aromatic carbocycles. The van der Waals surface area contributed by atoms with E-state index in [-0.39, 0.29) is 18.1 Å². The van der Waals surface area contributed by atoms with E-state index >= 15 is 0 Å². The number of rotatable bonds is 23. The molecule has 8 heteroatoms. The van der Waals surface area contributed by atoms with Crippen molar-refractivity contribution in [1.29, 1.82) is 0 Å². The van der Waals surface area contributed by atoms with Gasteiger partial charge in [0.1, 0.15) is 5.75 Å². The van der Waals surface area contributed by atoms with Gasteiger partial charge in [0.15, 0.2) is 0 Å². The lowest BCUT2D eigenvalue weighted by Crippen LogP contribution is -2.21. The van der Waals surface area contributed by atoms with Gasteiger partial charge in [0.05, 0.1) is 30.8 Å². The van der Waals surface area contributed by atoms with Crippen LogP contribution in [0.25, 0.3) is 0 Å². The number of benzene rings is 1. The topological polar surface area (TPSA) is 104 Å². The molecule has 0 spiro atoms. The number of aliphatic hydroxyl groups excluding tert-OH is 1. The van der Waals surface area contributed by atoms with E-state index in [0.717, 1.165) is 37.0 Å². The average molecular weight is 583 g/mol. The Balaban J connectivity index is 2.09. The van der Waals surface area contributed by atoms with Gasteiger partial charge in [0, 0.05) is 22.8 Å². The number of thioether (sulfide) groups is 2. The van der Waals surface area contributed by atoms with Crippen LogP contribution < -0.4 is 4.74 Å². The minimum Gasteiger partial charge on any atom is -0.493 e. The normalized spacial score (nSPS) is 15.3. The van der Waals surface area contributed by atoms with Crippen molar-refractivity contribution in [1.82, 2.24) is 0 Å². The predicted molar refractivity (Wildman–Crippen MR) is 163 cm³/mol. The van der Waals surface area contributed by atoms with E-state index in [1.54, 1.807) is 0 Å². The second-order valence-corrected chi connectivity index (χ2v) is 13.0. The van der Waals surface area contributed by atoms with Crippen LogP contribution in [0.3, 0.4) is 0 Å². The maximum atomic E-state index is 11.2. The fourth-order valence-corrected chi connectivity index (χ4v) is 7.51. The Kier molecular flexibility index (Phi) is 17.8. The number of hydrogen-bond acceptors (Lipinski definition) is 6. The molecule has 0 amide bonds. The van der Waals surface area contributed by atoms with Gasteiger partial charge in [-0.15, -0.1) is 0 Å². The molecular formula is C31H50O6S2. The Morgan fingerprint density at radius 1 is 0.923 bits per heavy atom. The smallest absolute Gasteiger partial charge is 0.304 e. The monoisotopic (exact) mass is 582 g/mol. The fraction of sp³-hybridized carbons (Fsp3) is 0.742. The molecule has 0 aliphatic heterocycles. The molecule has 1 aliphatic rings. The molecule has 0 aromatic heterocycles. The second kappa shape index (κ2) is 20.5. The molecule has 0 radical (unpaired) electrons. The Labute approximate surface area is 244 Å². The standard InChI is InChI=1S/C31H50O6S2/c1-2-3-4-5-6-7-8-9-12-20-37-30-25(24-14-10-11-15-24)16-13-17-26(30)31(39-22-19-29(35)36)27(32)23-38-21-18-28(33)34/h13,16-17,24,27,31-32H,2-12,14-15,18-23H2,1H3,(H,33,34)(H,35,36). The first-order valence-electron chi connectivity index (χ1n) is 15.0. The molecule has 0 bridgehead atoms. The Hall–Kier alpha value is -1.38. The lowest BCUT2D eigenvalue weighted by atomic mass is 9.93. The highest BCUT2D eigenvalue weighted by molar-refractivity contribution is 8.00. The predicted octanol–water partition coefficient (Wildman–Crippen LogP) is 8.07. The molecule has 1 saturated carbocycles. The van der Waals surface area contributed by atoms with E-state index in [2.05, 4.69) is 13.0 Å². The number of hydrogen-bond donors (Lipinski definition) is 3. The fourth-order valence-electron chi connectivity index (χ4n) is 5.24. The molecule has 1 aromatic rings. The maximum absolute atomic E-state index is 11.2. The molecule has 39 heavy (non-hydrogen) atoms. The van der Waals surface area contributed by atoms with Crippen molar-refractivity contribution >= 4 is 35.5 Å². The van der Waals surface area contributed by atoms with Gasteiger partial charge in [-0.05, 0) is 30.7 Å². The summed E-state index contributed by atoms with van der Waals surface area (Å²) in [5.74, 6) is 0.851. The summed E-state index contributed by atoms with van der Waals surface area (Å²) < 4.78 is 6.53. The summed E-state index contributed by atoms with van der Waals surface area (Å²) in [6.07, 6.45) is 15.3. The zero-order chi connectivity index (χ0) is 28.3. The van der Waals surface area contributed by atoms with Gasteiger partial charge in [0.2, 0.25) is 0 Å². The molecule has 2 rings (SSSR count). The number of carboxylic acid groups (broad SMARTS) is 2. The lowest BCUT2D eigenvalue weighted by molar-refractivity contribution is -0.137. The number of aliphatic hydroxyl groups is 1. The highest BCUT2D eigenvalue weighted by Gasteiger charge is 2.29. The molecule has 6 nitrogen and oxygen atoms in total. The summed E-state index contributed by atoms with van der Waals surface area (Å²) in [4.78, 5) is 22.1. The summed E-state index contributed by atoms with van der Waals surface area (Å²) in [5.41, 5.74) is 2.16. The highest BCUT2D eigenvalue weighted by Crippen LogP contribution is 2.45. The zero-order valence-corrected chi connectivity index (χ0v) is 25.4. The SMILES string of the molecule is CCCCCCCCCCCOc1c(C2CCCC2)cccc1C(SCCC(=O)O)C(O)CSCCC(=O)O. The van der Waals surface area contributed by atoms with E-state index < -0.39 is 18.0 Å². The first kappa shape index (κ1) is 33.8. The molecule has 0 saturated heterocycles. The summed E-state index contributed by atoms with van der Waals surface area (Å²) in [7, 11) is 0. The molecule has 1 fully saturated rings. The average Bonchev–Trinajstić information content (AvgIpc) is 3.45. The molecule has 1 aliphatic carbocycles. The van der Waals surface area contributed by atoms with E-state index in [0.29, 0.717) is 29.8 Å². The van der Waals surface area contributed by atoms with Crippen LogP contribution in [0, 0.1) is 0 Å². The Bertz CT molecular complexity index is 827. The van der Waals surface area contributed by atoms with Crippen LogP contribution in [0.15, 0.2) is 18.2 Å². The van der Waals surface area contributed by atoms with Crippen molar-refractivity contribution in [3.8, 4) is 5.75 Å². The minimum atomic E-state index is -0.854. The van der Waals surface area contributed by atoms with Gasteiger partial charge in [-0.3, -0.25) is 9.59 Å². The van der Waals surface area contributed by atoms with Gasteiger partial charge >= 0.3 is 11.9 Å². The maximum Gasteiger partial charge on any atom is 0.304 e. The minimum absolute atomic E-state index is 0.0248. The zero-order valence-electron chi connectivity index (χ0n) is 23.8. The largest absolute Gasteiger partial charge is 0.493 e. The third-order valence-electron chi connectivity index (χ3n) is 7.38. The van der Waals surface area contributed by atoms with Crippen LogP contribution in [-0.4, -0.2) is 57.2 Å². The first-order valence-corrected chi connectivity index (χ1v) is 17.2. The summed E-state index contributed by atoms with van der Waals surface area (Å²) in [6.45, 7) is 2.89. The molecule has 2 atom stereocenters. The molecule has 2 unspecified atom stereocenters. The van der Waals surface area contributed by atoms with Crippen LogP contribution in [-0.2, 0) is 9.59 Å². The summed E-state index contributed by atoms with van der Waals surface area (Å²) in [5, 5.41) is 29.0. The van der Waals surface area contributed by atoms with Gasteiger partial charge in [-0.2, -0.15) is 23.5 Å². The molecule has 222 valence electrons. The number of carbonyl (C=O) groups is 2. The number of unbranched alkanes of at least 4 members (excludes halogenated alkanes) is 8. The van der Waals surface area contributed by atoms with Crippen LogP contribution in [0.2, 0.25) is 0 Å². The van der Waals surface area contributed by atoms with Crippen molar-refractivity contribution in [2.24, 2.45) is 0 Å². The Morgan fingerprint density at radius 2 is 1.54 bits per heavy atom. The number of carboxylic acids is 2. The van der Waals surface area contributed by atoms with Crippen LogP contribution in [0.4, 0.5) is 0 Å². The van der Waals surface area contributed by atoms with E-state index in [4.69, 9.17) is 9.84 Å². The molecular weight excluding hydrogens is 532 g/mol. The third kappa shape index (κ3) is 13.7. The number of ether oxygens (including phenoxy) is 1. The highest BCUT2D eigenvalue weighted by atomic mass is 32.2. The first-order chi connectivity index (χ1) is 18.9. The van der Waals surface area contributed by atoms with Crippen molar-refractivity contribution in [3.63, 3.8) is 0 Å². The number of para-hydroxylation sites is 1. The molecule has 3 N–H and O–H groups in total. The van der Waals surface area contributed by atoms with Crippen LogP contribution >= 0.6 is 23.5 Å². The van der Waals surface area contributed by atoms with Crippen molar-refractivity contribution in [2.75, 3.05) is 23.9 Å². The number of aliphatic carboxylic acids is 2.